The Balaban J connectivity index is 1.25. The van der Waals surface area contributed by atoms with E-state index in [0.717, 1.165) is 34.5 Å². The largest absolute Gasteiger partial charge is 0.424 e. The molecule has 1 saturated carbocycles. The molecule has 5 rings (SSSR count). The molecule has 0 bridgehead atoms. The number of hydrogen-bond donors (Lipinski definition) is 1. The van der Waals surface area contributed by atoms with Gasteiger partial charge in [0.05, 0.1) is 16.6 Å². The van der Waals surface area contributed by atoms with Crippen LogP contribution in [0.25, 0.3) is 10.2 Å². The van der Waals surface area contributed by atoms with E-state index in [4.69, 9.17) is 9.40 Å². The van der Waals surface area contributed by atoms with Crippen LogP contribution in [0.15, 0.2) is 52.9 Å². The van der Waals surface area contributed by atoms with Gasteiger partial charge in [-0.3, -0.25) is 4.79 Å². The molecule has 0 aliphatic heterocycles. The number of benzene rings is 2. The summed E-state index contributed by atoms with van der Waals surface area (Å²) in [6.07, 6.45) is 3.54. The molecular weight excluding hydrogens is 396 g/mol. The maximum Gasteiger partial charge on any atom is 0.229 e. The number of nitrogens with zero attached hydrogens (tertiary/aromatic N) is 3. The SMILES string of the molecule is CC1(NC(=O)Cc2nnc(Cc3nc4ccc(Cc5ccccc5)cc4s3)o2)CC1. The first-order chi connectivity index (χ1) is 14.5. The minimum Gasteiger partial charge on any atom is -0.424 e. The molecule has 4 aromatic rings. The summed E-state index contributed by atoms with van der Waals surface area (Å²) >= 11 is 1.64. The van der Waals surface area contributed by atoms with Gasteiger partial charge in [0.25, 0.3) is 0 Å². The van der Waals surface area contributed by atoms with Crippen molar-refractivity contribution in [3.63, 3.8) is 0 Å². The fourth-order valence-electron chi connectivity index (χ4n) is 3.43. The highest BCUT2D eigenvalue weighted by Gasteiger charge is 2.38. The molecule has 1 aliphatic rings. The van der Waals surface area contributed by atoms with E-state index in [1.807, 2.05) is 13.0 Å². The summed E-state index contributed by atoms with van der Waals surface area (Å²) in [6, 6.07) is 16.8. The summed E-state index contributed by atoms with van der Waals surface area (Å²) in [7, 11) is 0. The number of nitrogens with one attached hydrogen (secondary N) is 1. The topological polar surface area (TPSA) is 80.9 Å². The fourth-order valence-corrected chi connectivity index (χ4v) is 4.45. The van der Waals surface area contributed by atoms with Crippen molar-refractivity contribution in [2.24, 2.45) is 0 Å². The molecule has 6 nitrogen and oxygen atoms in total. The highest BCUT2D eigenvalue weighted by molar-refractivity contribution is 7.18. The molecule has 2 aromatic carbocycles. The first-order valence-corrected chi connectivity index (χ1v) is 10.9. The molecule has 30 heavy (non-hydrogen) atoms. The smallest absolute Gasteiger partial charge is 0.229 e. The molecule has 1 aliphatic carbocycles. The van der Waals surface area contributed by atoms with E-state index in [-0.39, 0.29) is 17.9 Å². The summed E-state index contributed by atoms with van der Waals surface area (Å²) in [5, 5.41) is 12.0. The Kier molecular flexibility index (Phi) is 4.83. The number of aromatic nitrogens is 3. The summed E-state index contributed by atoms with van der Waals surface area (Å²) in [4.78, 5) is 16.8. The van der Waals surface area contributed by atoms with Crippen LogP contribution in [0.2, 0.25) is 0 Å². The lowest BCUT2D eigenvalue weighted by Gasteiger charge is -2.09. The van der Waals surface area contributed by atoms with Gasteiger partial charge in [0.15, 0.2) is 0 Å². The van der Waals surface area contributed by atoms with Crippen LogP contribution < -0.4 is 5.32 Å². The van der Waals surface area contributed by atoms with E-state index >= 15 is 0 Å². The van der Waals surface area contributed by atoms with Crippen molar-refractivity contribution in [2.45, 2.75) is 44.6 Å². The molecule has 152 valence electrons. The van der Waals surface area contributed by atoms with Gasteiger partial charge in [0.2, 0.25) is 17.7 Å². The van der Waals surface area contributed by atoms with E-state index in [0.29, 0.717) is 18.2 Å². The number of thiazole rings is 1. The second-order valence-electron chi connectivity index (χ2n) is 8.12. The lowest BCUT2D eigenvalue weighted by molar-refractivity contribution is -0.121. The first-order valence-electron chi connectivity index (χ1n) is 10.1. The minimum absolute atomic E-state index is 0.0414. The van der Waals surface area contributed by atoms with Crippen molar-refractivity contribution in [3.8, 4) is 0 Å². The van der Waals surface area contributed by atoms with Gasteiger partial charge >= 0.3 is 0 Å². The van der Waals surface area contributed by atoms with Gasteiger partial charge in [-0.1, -0.05) is 36.4 Å². The lowest BCUT2D eigenvalue weighted by Crippen LogP contribution is -2.35. The number of amides is 1. The summed E-state index contributed by atoms with van der Waals surface area (Å²) in [5.74, 6) is 0.758. The molecule has 1 N–H and O–H groups in total. The minimum atomic E-state index is -0.0730. The Bertz CT molecular complexity index is 1190. The standard InChI is InChI=1S/C23H22N4O2S/c1-23(9-10-23)25-19(28)13-20-26-27-21(29-20)14-22-24-17-8-7-16(12-18(17)30-22)11-15-5-3-2-4-6-15/h2-8,12H,9-11,13-14H2,1H3,(H,25,28). The maximum absolute atomic E-state index is 12.1. The van der Waals surface area contributed by atoms with E-state index in [1.165, 1.54) is 11.1 Å². The molecule has 0 radical (unpaired) electrons. The number of fused-ring (bicyclic) bond motifs is 1. The van der Waals surface area contributed by atoms with Gasteiger partial charge in [0.1, 0.15) is 11.4 Å². The van der Waals surface area contributed by atoms with Crippen LogP contribution in [-0.2, 0) is 24.1 Å². The summed E-state index contributed by atoms with van der Waals surface area (Å²) in [5.41, 5.74) is 3.49. The van der Waals surface area contributed by atoms with Gasteiger partial charge in [-0.05, 0) is 49.4 Å². The molecule has 2 heterocycles. The normalized spacial score (nSPS) is 14.7. The van der Waals surface area contributed by atoms with Gasteiger partial charge in [0, 0.05) is 5.54 Å². The average Bonchev–Trinajstić information content (AvgIpc) is 3.11. The Morgan fingerprint density at radius 3 is 2.67 bits per heavy atom. The molecule has 7 heteroatoms. The number of carbonyl (C=O) groups is 1. The zero-order valence-electron chi connectivity index (χ0n) is 16.7. The molecule has 0 saturated heterocycles. The van der Waals surface area contributed by atoms with E-state index < -0.39 is 0 Å². The van der Waals surface area contributed by atoms with Crippen LogP contribution in [0.4, 0.5) is 0 Å². The fraction of sp³-hybridized carbons (Fsp3) is 0.304. The van der Waals surface area contributed by atoms with Crippen molar-refractivity contribution in [1.29, 1.82) is 0 Å². The van der Waals surface area contributed by atoms with Crippen molar-refractivity contribution in [1.82, 2.24) is 20.5 Å². The summed E-state index contributed by atoms with van der Waals surface area (Å²) in [6.45, 7) is 2.04. The van der Waals surface area contributed by atoms with Crippen molar-refractivity contribution >= 4 is 27.5 Å². The second-order valence-corrected chi connectivity index (χ2v) is 9.24. The third-order valence-corrected chi connectivity index (χ3v) is 6.33. The highest BCUT2D eigenvalue weighted by atomic mass is 32.1. The first kappa shape index (κ1) is 18.9. The number of hydrogen-bond acceptors (Lipinski definition) is 6. The van der Waals surface area contributed by atoms with E-state index in [9.17, 15) is 4.79 Å². The zero-order valence-corrected chi connectivity index (χ0v) is 17.5. The molecule has 0 atom stereocenters. The Morgan fingerprint density at radius 1 is 1.07 bits per heavy atom. The number of carbonyl (C=O) groups excluding carboxylic acids is 1. The van der Waals surface area contributed by atoms with Gasteiger partial charge in [-0.25, -0.2) is 4.98 Å². The monoisotopic (exact) mass is 418 g/mol. The Hall–Kier alpha value is -3.06. The van der Waals surface area contributed by atoms with Gasteiger partial charge in [-0.15, -0.1) is 21.5 Å². The molecule has 2 aromatic heterocycles. The van der Waals surface area contributed by atoms with E-state index in [1.54, 1.807) is 11.3 Å². The van der Waals surface area contributed by atoms with Crippen molar-refractivity contribution in [3.05, 3.63) is 76.4 Å². The molecule has 0 unspecified atom stereocenters. The molecular formula is C23H22N4O2S. The Morgan fingerprint density at radius 2 is 1.87 bits per heavy atom. The predicted molar refractivity (Wildman–Crippen MR) is 115 cm³/mol. The quantitative estimate of drug-likeness (QED) is 0.489. The summed E-state index contributed by atoms with van der Waals surface area (Å²) < 4.78 is 6.82. The van der Waals surface area contributed by atoms with Gasteiger partial charge in [-0.2, -0.15) is 0 Å². The second kappa shape index (κ2) is 7.65. The molecule has 0 spiro atoms. The van der Waals surface area contributed by atoms with Crippen LogP contribution in [0.1, 0.15) is 47.7 Å². The molecule has 1 amide bonds. The zero-order chi connectivity index (χ0) is 20.6. The Labute approximate surface area is 178 Å². The average molecular weight is 419 g/mol. The van der Waals surface area contributed by atoms with Crippen LogP contribution in [0, 0.1) is 0 Å². The van der Waals surface area contributed by atoms with E-state index in [2.05, 4.69) is 58.0 Å². The predicted octanol–water partition coefficient (Wildman–Crippen LogP) is 4.07. The van der Waals surface area contributed by atoms with Crippen LogP contribution in [-0.4, -0.2) is 26.6 Å². The molecule has 1 fully saturated rings. The van der Waals surface area contributed by atoms with Gasteiger partial charge < -0.3 is 9.73 Å². The maximum atomic E-state index is 12.1. The third kappa shape index (κ3) is 4.41. The highest BCUT2D eigenvalue weighted by Crippen LogP contribution is 2.34. The lowest BCUT2D eigenvalue weighted by atomic mass is 10.1. The van der Waals surface area contributed by atoms with Crippen molar-refractivity contribution < 1.29 is 9.21 Å². The van der Waals surface area contributed by atoms with Crippen molar-refractivity contribution in [2.75, 3.05) is 0 Å². The van der Waals surface area contributed by atoms with Crippen LogP contribution in [0.3, 0.4) is 0 Å². The van der Waals surface area contributed by atoms with Crippen LogP contribution >= 0.6 is 11.3 Å². The number of rotatable bonds is 7. The van der Waals surface area contributed by atoms with Crippen LogP contribution in [0.5, 0.6) is 0 Å². The third-order valence-electron chi connectivity index (χ3n) is 5.31.